The molecular weight excluding hydrogens is 437 g/mol. The molecule has 1 heterocycles. The fourth-order valence-corrected chi connectivity index (χ4v) is 5.31. The molecule has 1 saturated heterocycles. The normalized spacial score (nSPS) is 29.0. The zero-order valence-electron chi connectivity index (χ0n) is 15.7. The Balaban J connectivity index is 0.00000196. The highest BCUT2D eigenvalue weighted by Crippen LogP contribution is 2.60. The second-order valence-electron chi connectivity index (χ2n) is 7.80. The molecule has 3 atom stereocenters. The van der Waals surface area contributed by atoms with Crippen molar-refractivity contribution in [2.45, 2.75) is 57.6 Å². The number of hydrogen-bond donors (Lipinski definition) is 2. The van der Waals surface area contributed by atoms with Crippen LogP contribution in [0.25, 0.3) is 0 Å². The van der Waals surface area contributed by atoms with Gasteiger partial charge in [0.2, 0.25) is 0 Å². The first-order valence-electron chi connectivity index (χ1n) is 10.0. The van der Waals surface area contributed by atoms with Crippen LogP contribution in [0.15, 0.2) is 35.3 Å². The molecule has 5 heteroatoms. The van der Waals surface area contributed by atoms with Gasteiger partial charge in [0.05, 0.1) is 6.10 Å². The van der Waals surface area contributed by atoms with Crippen LogP contribution in [-0.4, -0.2) is 37.8 Å². The largest absolute Gasteiger partial charge is 0.377 e. The average molecular weight is 469 g/mol. The van der Waals surface area contributed by atoms with E-state index >= 15 is 0 Å². The molecule has 3 aliphatic rings. The van der Waals surface area contributed by atoms with Crippen LogP contribution in [0.4, 0.5) is 0 Å². The Morgan fingerprint density at radius 2 is 2.00 bits per heavy atom. The first-order chi connectivity index (χ1) is 12.3. The maximum atomic E-state index is 6.10. The molecule has 1 aromatic rings. The van der Waals surface area contributed by atoms with Crippen molar-refractivity contribution in [2.75, 3.05) is 19.7 Å². The number of fused-ring (bicyclic) bond motifs is 2. The predicted octanol–water partition coefficient (Wildman–Crippen LogP) is 3.75. The van der Waals surface area contributed by atoms with Gasteiger partial charge in [-0.3, -0.25) is 4.99 Å². The van der Waals surface area contributed by atoms with Gasteiger partial charge >= 0.3 is 0 Å². The second-order valence-corrected chi connectivity index (χ2v) is 7.80. The van der Waals surface area contributed by atoms with Gasteiger partial charge in [-0.1, -0.05) is 43.2 Å². The molecule has 1 aliphatic heterocycles. The zero-order valence-corrected chi connectivity index (χ0v) is 18.1. The lowest BCUT2D eigenvalue weighted by Crippen LogP contribution is -2.69. The summed E-state index contributed by atoms with van der Waals surface area (Å²) in [4.78, 5) is 4.85. The van der Waals surface area contributed by atoms with Gasteiger partial charge in [-0.2, -0.15) is 0 Å². The van der Waals surface area contributed by atoms with Crippen molar-refractivity contribution in [1.29, 1.82) is 0 Å². The van der Waals surface area contributed by atoms with E-state index < -0.39 is 0 Å². The number of aliphatic imine (C=N–C) groups is 1. The van der Waals surface area contributed by atoms with Gasteiger partial charge in [-0.15, -0.1) is 24.0 Å². The van der Waals surface area contributed by atoms with Gasteiger partial charge in [-0.05, 0) is 38.2 Å². The van der Waals surface area contributed by atoms with Crippen molar-refractivity contribution in [2.24, 2.45) is 16.3 Å². The number of halogens is 1. The van der Waals surface area contributed by atoms with Crippen LogP contribution in [0.5, 0.6) is 0 Å². The Hall–Kier alpha value is -0.820. The van der Waals surface area contributed by atoms with Crippen LogP contribution in [0.2, 0.25) is 0 Å². The maximum Gasteiger partial charge on any atom is 0.191 e. The van der Waals surface area contributed by atoms with E-state index in [2.05, 4.69) is 47.9 Å². The summed E-state index contributed by atoms with van der Waals surface area (Å²) in [5, 5.41) is 7.26. The van der Waals surface area contributed by atoms with Gasteiger partial charge < -0.3 is 15.4 Å². The number of nitrogens with one attached hydrogen (secondary N) is 2. The van der Waals surface area contributed by atoms with Crippen LogP contribution >= 0.6 is 24.0 Å². The molecule has 2 aliphatic carbocycles. The maximum absolute atomic E-state index is 6.10. The number of guanidine groups is 1. The molecular formula is C21H32IN3O. The third kappa shape index (κ3) is 3.75. The molecule has 0 bridgehead atoms. The Kier molecular flexibility index (Phi) is 6.83. The topological polar surface area (TPSA) is 45.7 Å². The second kappa shape index (κ2) is 8.91. The minimum atomic E-state index is 0. The molecule has 1 aromatic carbocycles. The Bertz CT molecular complexity index is 601. The first-order valence-corrected chi connectivity index (χ1v) is 10.0. The highest BCUT2D eigenvalue weighted by Gasteiger charge is 2.65. The Morgan fingerprint density at radius 1 is 1.23 bits per heavy atom. The molecule has 2 N–H and O–H groups in total. The zero-order chi connectivity index (χ0) is 17.1. The van der Waals surface area contributed by atoms with Crippen molar-refractivity contribution in [1.82, 2.24) is 10.6 Å². The van der Waals surface area contributed by atoms with E-state index in [0.29, 0.717) is 23.5 Å². The summed E-state index contributed by atoms with van der Waals surface area (Å²) in [6.45, 7) is 4.81. The van der Waals surface area contributed by atoms with Gasteiger partial charge in [0.15, 0.2) is 5.96 Å². The van der Waals surface area contributed by atoms with E-state index in [4.69, 9.17) is 9.73 Å². The average Bonchev–Trinajstić information content (AvgIpc) is 3.29. The van der Waals surface area contributed by atoms with Crippen molar-refractivity contribution >= 4 is 29.9 Å². The highest BCUT2D eigenvalue weighted by atomic mass is 127. The van der Waals surface area contributed by atoms with E-state index in [1.807, 2.05) is 0 Å². The van der Waals surface area contributed by atoms with Crippen molar-refractivity contribution in [3.05, 3.63) is 35.9 Å². The van der Waals surface area contributed by atoms with E-state index in [0.717, 1.165) is 32.1 Å². The third-order valence-corrected chi connectivity index (χ3v) is 6.44. The number of nitrogens with zero attached hydrogens (tertiary/aromatic N) is 1. The molecule has 144 valence electrons. The summed E-state index contributed by atoms with van der Waals surface area (Å²) < 4.78 is 6.10. The lowest BCUT2D eigenvalue weighted by molar-refractivity contribution is -0.125. The van der Waals surface area contributed by atoms with Gasteiger partial charge in [-0.25, -0.2) is 0 Å². The third-order valence-electron chi connectivity index (χ3n) is 6.44. The van der Waals surface area contributed by atoms with Crippen LogP contribution in [0, 0.1) is 11.3 Å². The minimum Gasteiger partial charge on any atom is -0.377 e. The van der Waals surface area contributed by atoms with E-state index in [9.17, 15) is 0 Å². The van der Waals surface area contributed by atoms with E-state index in [1.165, 1.54) is 37.7 Å². The summed E-state index contributed by atoms with van der Waals surface area (Å²) in [7, 11) is 0. The molecule has 3 unspecified atom stereocenters. The SMILES string of the molecule is CCNC(=NCCc1ccccc1)NC1C2CCOC2C12CCCC2.I. The quantitative estimate of drug-likeness (QED) is 0.392. The fraction of sp³-hybridized carbons (Fsp3) is 0.667. The van der Waals surface area contributed by atoms with Crippen molar-refractivity contribution in [3.63, 3.8) is 0 Å². The first kappa shape index (κ1) is 19.9. The molecule has 26 heavy (non-hydrogen) atoms. The predicted molar refractivity (Wildman–Crippen MR) is 117 cm³/mol. The molecule has 0 radical (unpaired) electrons. The Labute approximate surface area is 174 Å². The van der Waals surface area contributed by atoms with E-state index in [1.54, 1.807) is 0 Å². The van der Waals surface area contributed by atoms with Gasteiger partial charge in [0, 0.05) is 37.1 Å². The minimum absolute atomic E-state index is 0. The highest BCUT2D eigenvalue weighted by molar-refractivity contribution is 14.0. The number of hydrogen-bond acceptors (Lipinski definition) is 2. The lowest BCUT2D eigenvalue weighted by Gasteiger charge is -2.57. The number of benzene rings is 1. The van der Waals surface area contributed by atoms with Crippen LogP contribution < -0.4 is 10.6 Å². The van der Waals surface area contributed by atoms with E-state index in [-0.39, 0.29) is 24.0 Å². The molecule has 1 spiro atoms. The van der Waals surface area contributed by atoms with Gasteiger partial charge in [0.25, 0.3) is 0 Å². The van der Waals surface area contributed by atoms with Crippen LogP contribution in [-0.2, 0) is 11.2 Å². The molecule has 3 fully saturated rings. The fourth-order valence-electron chi connectivity index (χ4n) is 5.31. The summed E-state index contributed by atoms with van der Waals surface area (Å²) >= 11 is 0. The Morgan fingerprint density at radius 3 is 2.73 bits per heavy atom. The molecule has 4 rings (SSSR count). The monoisotopic (exact) mass is 469 g/mol. The van der Waals surface area contributed by atoms with Crippen LogP contribution in [0.3, 0.4) is 0 Å². The molecule has 0 amide bonds. The summed E-state index contributed by atoms with van der Waals surface area (Å²) in [6, 6.07) is 11.2. The molecule has 4 nitrogen and oxygen atoms in total. The number of ether oxygens (including phenoxy) is 1. The smallest absolute Gasteiger partial charge is 0.191 e. The summed E-state index contributed by atoms with van der Waals surface area (Å²) in [6.07, 6.45) is 8.03. The van der Waals surface area contributed by atoms with Gasteiger partial charge in [0.1, 0.15) is 0 Å². The standard InChI is InChI=1S/C21H31N3O.HI/c1-2-22-20(23-14-10-16-8-4-3-5-9-16)24-18-17-11-15-25-19(17)21(18)12-6-7-13-21;/h3-5,8-9,17-19H,2,6-7,10-15H2,1H3,(H2,22,23,24);1H. The summed E-state index contributed by atoms with van der Waals surface area (Å²) in [5.74, 6) is 1.66. The van der Waals surface area contributed by atoms with Crippen LogP contribution in [0.1, 0.15) is 44.6 Å². The van der Waals surface area contributed by atoms with Crippen molar-refractivity contribution < 1.29 is 4.74 Å². The number of rotatable bonds is 5. The lowest BCUT2D eigenvalue weighted by atomic mass is 9.54. The van der Waals surface area contributed by atoms with Crippen molar-refractivity contribution in [3.8, 4) is 0 Å². The molecule has 0 aromatic heterocycles. The summed E-state index contributed by atoms with van der Waals surface area (Å²) in [5.41, 5.74) is 1.72. The molecule has 2 saturated carbocycles.